The molecule has 0 saturated heterocycles. The molecule has 0 amide bonds. The molecule has 0 saturated carbocycles. The van der Waals surface area contributed by atoms with Crippen LogP contribution in [0, 0.1) is 0 Å². The molecular weight excluding hydrogens is 346 g/mol. The summed E-state index contributed by atoms with van der Waals surface area (Å²) in [5.41, 5.74) is 2.06. The average molecular weight is 372 g/mol. The van der Waals surface area contributed by atoms with Crippen molar-refractivity contribution in [3.05, 3.63) is 23.3 Å². The van der Waals surface area contributed by atoms with Crippen molar-refractivity contribution in [3.63, 3.8) is 0 Å². The Morgan fingerprint density at radius 1 is 1.17 bits per heavy atom. The quantitative estimate of drug-likeness (QED) is 0.373. The second kappa shape index (κ2) is 10.5. The molecule has 0 aromatic rings. The van der Waals surface area contributed by atoms with Gasteiger partial charge in [0.15, 0.2) is 0 Å². The maximum Gasteiger partial charge on any atom is 0.481 e. The van der Waals surface area contributed by atoms with E-state index < -0.39 is 15.6 Å². The average Bonchev–Trinajstić information content (AvgIpc) is 2.36. The fourth-order valence-electron chi connectivity index (χ4n) is 1.87. The van der Waals surface area contributed by atoms with Crippen LogP contribution in [-0.4, -0.2) is 34.5 Å². The molecule has 0 aromatic carbocycles. The van der Waals surface area contributed by atoms with Crippen LogP contribution in [0.4, 0.5) is 0 Å². The number of rotatable bonds is 11. The molecule has 0 fully saturated rings. The van der Waals surface area contributed by atoms with Gasteiger partial charge < -0.3 is 19.4 Å². The second-order valence-electron chi connectivity index (χ2n) is 5.01. The number of methoxy groups -OCH3 is 1. The fraction of sp³-hybridized carbons (Fsp3) is 0.692. The van der Waals surface area contributed by atoms with E-state index in [0.29, 0.717) is 0 Å². The van der Waals surface area contributed by atoms with E-state index >= 15 is 0 Å². The van der Waals surface area contributed by atoms with Crippen LogP contribution in [-0.2, 0) is 22.7 Å². The monoisotopic (exact) mass is 372 g/mol. The highest BCUT2D eigenvalue weighted by Crippen LogP contribution is 2.57. The Morgan fingerprint density at radius 3 is 2.26 bits per heavy atom. The van der Waals surface area contributed by atoms with Crippen LogP contribution in [0.3, 0.4) is 0 Å². The standard InChI is InChI=1S/C13H26O8P2/c1-5-13(19-4)12(3)8-6-7-11(2)9-10-20-23(17,18)21-22(14,15)16/h8-9,13H,5-7,10H2,1-4H3,(H,17,18)(H2,14,15,16)/b11-9+,12-8+. The van der Waals surface area contributed by atoms with Crippen molar-refractivity contribution in [2.45, 2.75) is 46.1 Å². The first-order valence-corrected chi connectivity index (χ1v) is 10.1. The molecule has 2 atom stereocenters. The molecule has 0 bridgehead atoms. The van der Waals surface area contributed by atoms with Crippen molar-refractivity contribution in [3.8, 4) is 0 Å². The SMILES string of the molecule is CCC(OC)/C(C)=C/CC/C(C)=C/COP(=O)(O)OP(=O)(O)O. The Balaban J connectivity index is 4.30. The zero-order valence-corrected chi connectivity index (χ0v) is 15.6. The minimum Gasteiger partial charge on any atom is -0.377 e. The van der Waals surface area contributed by atoms with E-state index in [1.807, 2.05) is 20.8 Å². The lowest BCUT2D eigenvalue weighted by Gasteiger charge is -2.13. The molecule has 2 unspecified atom stereocenters. The number of allylic oxidation sites excluding steroid dienone is 2. The minimum atomic E-state index is -5.07. The van der Waals surface area contributed by atoms with Gasteiger partial charge in [0.05, 0.1) is 12.7 Å². The highest BCUT2D eigenvalue weighted by Gasteiger charge is 2.31. The van der Waals surface area contributed by atoms with E-state index in [1.54, 1.807) is 13.2 Å². The van der Waals surface area contributed by atoms with E-state index in [-0.39, 0.29) is 12.7 Å². The van der Waals surface area contributed by atoms with Gasteiger partial charge in [-0.25, -0.2) is 9.13 Å². The van der Waals surface area contributed by atoms with Crippen LogP contribution >= 0.6 is 15.6 Å². The van der Waals surface area contributed by atoms with Crippen LogP contribution < -0.4 is 0 Å². The van der Waals surface area contributed by atoms with Gasteiger partial charge in [-0.3, -0.25) is 4.52 Å². The van der Waals surface area contributed by atoms with Crippen molar-refractivity contribution < 1.29 is 37.4 Å². The molecule has 0 rings (SSSR count). The molecule has 0 aliphatic rings. The number of hydrogen-bond acceptors (Lipinski definition) is 5. The Bertz CT molecular complexity index is 504. The maximum atomic E-state index is 11.2. The van der Waals surface area contributed by atoms with Crippen LogP contribution in [0.1, 0.15) is 40.0 Å². The zero-order chi connectivity index (χ0) is 18.1. The highest BCUT2D eigenvalue weighted by atomic mass is 31.3. The molecule has 23 heavy (non-hydrogen) atoms. The van der Waals surface area contributed by atoms with Crippen LogP contribution in [0.2, 0.25) is 0 Å². The highest BCUT2D eigenvalue weighted by molar-refractivity contribution is 7.60. The normalized spacial score (nSPS) is 17.9. The summed E-state index contributed by atoms with van der Waals surface area (Å²) in [5.74, 6) is 0. The van der Waals surface area contributed by atoms with Gasteiger partial charge in [0.1, 0.15) is 0 Å². The van der Waals surface area contributed by atoms with Gasteiger partial charge in [-0.1, -0.05) is 24.6 Å². The van der Waals surface area contributed by atoms with Gasteiger partial charge in [-0.2, -0.15) is 4.31 Å². The predicted molar refractivity (Wildman–Crippen MR) is 86.7 cm³/mol. The van der Waals surface area contributed by atoms with Gasteiger partial charge >= 0.3 is 15.6 Å². The fourth-order valence-corrected chi connectivity index (χ4v) is 3.39. The predicted octanol–water partition coefficient (Wildman–Crippen LogP) is 3.31. The van der Waals surface area contributed by atoms with E-state index in [1.165, 1.54) is 0 Å². The molecule has 8 nitrogen and oxygen atoms in total. The van der Waals surface area contributed by atoms with Gasteiger partial charge in [-0.15, -0.1) is 0 Å². The van der Waals surface area contributed by atoms with Crippen molar-refractivity contribution >= 4 is 15.6 Å². The van der Waals surface area contributed by atoms with Crippen LogP contribution in [0.25, 0.3) is 0 Å². The summed E-state index contributed by atoms with van der Waals surface area (Å²) in [5, 5.41) is 0. The Labute approximate surface area is 137 Å². The summed E-state index contributed by atoms with van der Waals surface area (Å²) < 4.78 is 35.2. The second-order valence-corrected chi connectivity index (χ2v) is 7.84. The van der Waals surface area contributed by atoms with Gasteiger partial charge in [0, 0.05) is 7.11 Å². The lowest BCUT2D eigenvalue weighted by atomic mass is 10.1. The number of phosphoric ester groups is 1. The minimum absolute atomic E-state index is 0.104. The van der Waals surface area contributed by atoms with Gasteiger partial charge in [0.2, 0.25) is 0 Å². The summed E-state index contributed by atoms with van der Waals surface area (Å²) in [6.45, 7) is 5.59. The molecule has 10 heteroatoms. The maximum absolute atomic E-state index is 11.2. The molecule has 0 aliphatic carbocycles. The Morgan fingerprint density at radius 2 is 1.78 bits per heavy atom. The lowest BCUT2D eigenvalue weighted by molar-refractivity contribution is 0.128. The third-order valence-electron chi connectivity index (χ3n) is 3.05. The summed E-state index contributed by atoms with van der Waals surface area (Å²) >= 11 is 0. The van der Waals surface area contributed by atoms with Crippen molar-refractivity contribution in [1.29, 1.82) is 0 Å². The summed E-state index contributed by atoms with van der Waals surface area (Å²) in [4.78, 5) is 26.0. The van der Waals surface area contributed by atoms with Crippen LogP contribution in [0.15, 0.2) is 23.3 Å². The summed E-state index contributed by atoms with van der Waals surface area (Å²) in [7, 11) is -8.18. The molecule has 0 radical (unpaired) electrons. The first kappa shape index (κ1) is 22.7. The van der Waals surface area contributed by atoms with Crippen molar-refractivity contribution in [2.75, 3.05) is 13.7 Å². The summed E-state index contributed by atoms with van der Waals surface area (Å²) in [6, 6.07) is 0. The van der Waals surface area contributed by atoms with Crippen LogP contribution in [0.5, 0.6) is 0 Å². The lowest BCUT2D eigenvalue weighted by Crippen LogP contribution is -2.10. The third-order valence-corrected chi connectivity index (χ3v) is 5.20. The first-order chi connectivity index (χ1) is 10.5. The smallest absolute Gasteiger partial charge is 0.377 e. The third kappa shape index (κ3) is 11.8. The number of phosphoric acid groups is 2. The van der Waals surface area contributed by atoms with Gasteiger partial charge in [0.25, 0.3) is 0 Å². The molecule has 0 heterocycles. The number of ether oxygens (including phenoxy) is 1. The van der Waals surface area contributed by atoms with E-state index in [0.717, 1.165) is 30.4 Å². The van der Waals surface area contributed by atoms with E-state index in [2.05, 4.69) is 14.9 Å². The zero-order valence-electron chi connectivity index (χ0n) is 13.8. The molecule has 0 aliphatic heterocycles. The summed E-state index contributed by atoms with van der Waals surface area (Å²) in [6.07, 6.45) is 6.13. The Hall–Kier alpha value is -0.300. The number of hydrogen-bond donors (Lipinski definition) is 3. The molecular formula is C13H26O8P2. The largest absolute Gasteiger partial charge is 0.481 e. The van der Waals surface area contributed by atoms with Gasteiger partial charge in [-0.05, 0) is 38.7 Å². The molecule has 3 N–H and O–H groups in total. The molecule has 0 aromatic heterocycles. The molecule has 136 valence electrons. The molecule has 0 spiro atoms. The Kier molecular flexibility index (Phi) is 10.4. The first-order valence-electron chi connectivity index (χ1n) is 7.10. The van der Waals surface area contributed by atoms with E-state index in [9.17, 15) is 9.13 Å². The van der Waals surface area contributed by atoms with Crippen molar-refractivity contribution in [1.82, 2.24) is 0 Å². The van der Waals surface area contributed by atoms with E-state index in [4.69, 9.17) is 19.4 Å². The topological polar surface area (TPSA) is 123 Å². The van der Waals surface area contributed by atoms with Crippen molar-refractivity contribution in [2.24, 2.45) is 0 Å².